The van der Waals surface area contributed by atoms with Crippen LogP contribution in [0.25, 0.3) is 17.1 Å². The highest BCUT2D eigenvalue weighted by Gasteiger charge is 2.14. The lowest BCUT2D eigenvalue weighted by atomic mass is 10.1. The van der Waals surface area contributed by atoms with E-state index in [2.05, 4.69) is 40.4 Å². The Hall–Kier alpha value is -3.13. The third-order valence-electron chi connectivity index (χ3n) is 4.48. The molecular weight excluding hydrogens is 374 g/mol. The van der Waals surface area contributed by atoms with Gasteiger partial charge in [0.25, 0.3) is 0 Å². The predicted molar refractivity (Wildman–Crippen MR) is 107 cm³/mol. The molecule has 28 heavy (non-hydrogen) atoms. The number of hydrogen-bond donors (Lipinski definition) is 0. The van der Waals surface area contributed by atoms with Gasteiger partial charge in [0.2, 0.25) is 11.0 Å². The van der Waals surface area contributed by atoms with Gasteiger partial charge >= 0.3 is 0 Å². The van der Waals surface area contributed by atoms with E-state index in [0.29, 0.717) is 16.8 Å². The van der Waals surface area contributed by atoms with Gasteiger partial charge in [0, 0.05) is 11.3 Å². The van der Waals surface area contributed by atoms with E-state index in [1.807, 2.05) is 36.4 Å². The maximum absolute atomic E-state index is 5.62. The first-order valence-electron chi connectivity index (χ1n) is 8.72. The molecule has 8 heteroatoms. The molecule has 0 aliphatic rings. The van der Waals surface area contributed by atoms with E-state index in [0.717, 1.165) is 28.3 Å². The van der Waals surface area contributed by atoms with E-state index in [1.165, 1.54) is 17.3 Å². The number of aromatic nitrogens is 5. The molecule has 0 aliphatic carbocycles. The minimum atomic E-state index is 0.576. The molecule has 0 atom stereocenters. The second-order valence-corrected chi connectivity index (χ2v) is 7.20. The van der Waals surface area contributed by atoms with Crippen LogP contribution in [0.1, 0.15) is 16.8 Å². The summed E-state index contributed by atoms with van der Waals surface area (Å²) in [6.07, 6.45) is 1.67. The number of oxazole rings is 1. The monoisotopic (exact) mass is 393 g/mol. The van der Waals surface area contributed by atoms with Crippen LogP contribution < -0.4 is 4.74 Å². The molecule has 7 nitrogen and oxygen atoms in total. The molecule has 0 radical (unpaired) electrons. The fraction of sp³-hybridized carbons (Fsp3) is 0.200. The second-order valence-electron chi connectivity index (χ2n) is 6.25. The van der Waals surface area contributed by atoms with E-state index in [-0.39, 0.29) is 0 Å². The maximum Gasteiger partial charge on any atom is 0.226 e. The van der Waals surface area contributed by atoms with Crippen molar-refractivity contribution in [2.24, 2.45) is 0 Å². The fourth-order valence-electron chi connectivity index (χ4n) is 2.76. The quantitative estimate of drug-likeness (QED) is 0.453. The summed E-state index contributed by atoms with van der Waals surface area (Å²) in [5, 5.41) is 12.9. The lowest BCUT2D eigenvalue weighted by molar-refractivity contribution is 0.415. The van der Waals surface area contributed by atoms with Crippen molar-refractivity contribution >= 4 is 11.8 Å². The summed E-state index contributed by atoms with van der Waals surface area (Å²) >= 11 is 1.52. The molecule has 0 spiro atoms. The van der Waals surface area contributed by atoms with Crippen LogP contribution in [0.15, 0.2) is 58.3 Å². The number of tetrazole rings is 1. The minimum Gasteiger partial charge on any atom is -0.497 e. The standard InChI is InChI=1S/C20H19N5O2S/c1-13-5-4-6-18(14(13)2)25-20(22-23-24-25)28-12-16-11-27-19(21-16)15-7-9-17(26-3)10-8-15/h4-11H,12H2,1-3H3. The van der Waals surface area contributed by atoms with Crippen molar-refractivity contribution in [3.8, 4) is 22.9 Å². The highest BCUT2D eigenvalue weighted by atomic mass is 32.2. The average molecular weight is 393 g/mol. The number of ether oxygens (including phenoxy) is 1. The van der Waals surface area contributed by atoms with Crippen LogP contribution in [0.5, 0.6) is 5.75 Å². The molecule has 4 rings (SSSR count). The Morgan fingerprint density at radius 1 is 1.11 bits per heavy atom. The Kier molecular flexibility index (Phi) is 5.12. The number of hydrogen-bond acceptors (Lipinski definition) is 7. The van der Waals surface area contributed by atoms with Crippen molar-refractivity contribution in [1.82, 2.24) is 25.2 Å². The summed E-state index contributed by atoms with van der Waals surface area (Å²) < 4.78 is 12.6. The number of aryl methyl sites for hydroxylation is 1. The third kappa shape index (κ3) is 3.63. The van der Waals surface area contributed by atoms with E-state index in [9.17, 15) is 0 Å². The first kappa shape index (κ1) is 18.2. The van der Waals surface area contributed by atoms with Gasteiger partial charge in [0.15, 0.2) is 0 Å². The van der Waals surface area contributed by atoms with Gasteiger partial charge in [-0.05, 0) is 65.7 Å². The Bertz CT molecular complexity index is 1090. The smallest absolute Gasteiger partial charge is 0.226 e. The van der Waals surface area contributed by atoms with Crippen LogP contribution in [0, 0.1) is 13.8 Å². The summed E-state index contributed by atoms with van der Waals surface area (Å²) in [6.45, 7) is 4.14. The SMILES string of the molecule is COc1ccc(-c2nc(CSc3nnnn3-c3cccc(C)c3C)co2)cc1. The van der Waals surface area contributed by atoms with Crippen molar-refractivity contribution in [3.05, 3.63) is 65.5 Å². The molecule has 0 aliphatic heterocycles. The zero-order valence-electron chi connectivity index (χ0n) is 15.8. The van der Waals surface area contributed by atoms with Crippen LogP contribution in [0.3, 0.4) is 0 Å². The molecule has 0 fully saturated rings. The Morgan fingerprint density at radius 3 is 2.71 bits per heavy atom. The van der Waals surface area contributed by atoms with Gasteiger partial charge in [-0.3, -0.25) is 0 Å². The van der Waals surface area contributed by atoms with Crippen molar-refractivity contribution in [1.29, 1.82) is 0 Å². The number of methoxy groups -OCH3 is 1. The molecule has 0 unspecified atom stereocenters. The third-order valence-corrected chi connectivity index (χ3v) is 5.44. The van der Waals surface area contributed by atoms with E-state index in [1.54, 1.807) is 18.1 Å². The van der Waals surface area contributed by atoms with Crippen LogP contribution in [-0.2, 0) is 5.75 Å². The number of rotatable bonds is 6. The minimum absolute atomic E-state index is 0.576. The summed E-state index contributed by atoms with van der Waals surface area (Å²) in [4.78, 5) is 4.56. The Balaban J connectivity index is 1.50. The summed E-state index contributed by atoms with van der Waals surface area (Å²) in [5.74, 6) is 1.97. The lowest BCUT2D eigenvalue weighted by Gasteiger charge is -2.09. The van der Waals surface area contributed by atoms with Crippen molar-refractivity contribution in [3.63, 3.8) is 0 Å². The molecule has 0 N–H and O–H groups in total. The number of nitrogens with zero attached hydrogens (tertiary/aromatic N) is 5. The zero-order chi connectivity index (χ0) is 19.5. The molecule has 2 aromatic heterocycles. The lowest BCUT2D eigenvalue weighted by Crippen LogP contribution is -2.02. The van der Waals surface area contributed by atoms with Gasteiger partial charge in [0.05, 0.1) is 18.5 Å². The van der Waals surface area contributed by atoms with E-state index in [4.69, 9.17) is 9.15 Å². The number of thioether (sulfide) groups is 1. The molecule has 2 heterocycles. The van der Waals surface area contributed by atoms with E-state index < -0.39 is 0 Å². The van der Waals surface area contributed by atoms with Gasteiger partial charge in [0.1, 0.15) is 12.0 Å². The van der Waals surface area contributed by atoms with Gasteiger partial charge in [-0.2, -0.15) is 4.68 Å². The van der Waals surface area contributed by atoms with E-state index >= 15 is 0 Å². The highest BCUT2D eigenvalue weighted by molar-refractivity contribution is 7.98. The molecule has 2 aromatic carbocycles. The molecule has 0 bridgehead atoms. The molecule has 0 amide bonds. The zero-order valence-corrected chi connectivity index (χ0v) is 16.6. The first-order valence-corrected chi connectivity index (χ1v) is 9.71. The maximum atomic E-state index is 5.62. The first-order chi connectivity index (χ1) is 13.7. The molecule has 4 aromatic rings. The Labute approximate surface area is 166 Å². The highest BCUT2D eigenvalue weighted by Crippen LogP contribution is 2.27. The molecular formula is C20H19N5O2S. The van der Waals surface area contributed by atoms with Crippen molar-refractivity contribution in [2.45, 2.75) is 24.8 Å². The van der Waals surface area contributed by atoms with Gasteiger partial charge in [-0.25, -0.2) is 4.98 Å². The molecule has 0 saturated heterocycles. The largest absolute Gasteiger partial charge is 0.497 e. The normalized spacial score (nSPS) is 11.0. The summed E-state index contributed by atoms with van der Waals surface area (Å²) in [5.41, 5.74) is 5.06. The van der Waals surface area contributed by atoms with Gasteiger partial charge in [-0.1, -0.05) is 23.9 Å². The fourth-order valence-corrected chi connectivity index (χ4v) is 3.52. The summed E-state index contributed by atoms with van der Waals surface area (Å²) in [6, 6.07) is 13.7. The van der Waals surface area contributed by atoms with Crippen LogP contribution in [0.4, 0.5) is 0 Å². The van der Waals surface area contributed by atoms with Gasteiger partial charge in [-0.15, -0.1) is 5.10 Å². The second kappa shape index (κ2) is 7.85. The molecule has 142 valence electrons. The average Bonchev–Trinajstić information content (AvgIpc) is 3.38. The van der Waals surface area contributed by atoms with Crippen molar-refractivity contribution < 1.29 is 9.15 Å². The number of benzene rings is 2. The molecule has 0 saturated carbocycles. The predicted octanol–water partition coefficient (Wildman–Crippen LogP) is 4.24. The summed E-state index contributed by atoms with van der Waals surface area (Å²) in [7, 11) is 1.64. The van der Waals surface area contributed by atoms with Crippen LogP contribution in [-0.4, -0.2) is 32.3 Å². The van der Waals surface area contributed by atoms with Crippen LogP contribution in [0.2, 0.25) is 0 Å². The topological polar surface area (TPSA) is 78.9 Å². The van der Waals surface area contributed by atoms with Gasteiger partial charge < -0.3 is 9.15 Å². The Morgan fingerprint density at radius 2 is 1.93 bits per heavy atom. The van der Waals surface area contributed by atoms with Crippen molar-refractivity contribution in [2.75, 3.05) is 7.11 Å². The van der Waals surface area contributed by atoms with Crippen LogP contribution >= 0.6 is 11.8 Å².